The molecule has 0 saturated heterocycles. The molecule has 0 spiro atoms. The second-order valence-corrected chi connectivity index (χ2v) is 4.84. The first-order valence-corrected chi connectivity index (χ1v) is 7.09. The lowest BCUT2D eigenvalue weighted by atomic mass is 10.1. The summed E-state index contributed by atoms with van der Waals surface area (Å²) in [7, 11) is 0. The van der Waals surface area contributed by atoms with Gasteiger partial charge in [0.25, 0.3) is 5.91 Å². The average Bonchev–Trinajstić information content (AvgIpc) is 2.54. The van der Waals surface area contributed by atoms with E-state index in [1.807, 2.05) is 36.4 Å². The first-order valence-electron chi connectivity index (χ1n) is 6.69. The molecule has 3 N–H and O–H groups in total. The van der Waals surface area contributed by atoms with E-state index >= 15 is 0 Å². The van der Waals surface area contributed by atoms with E-state index in [2.05, 4.69) is 28.3 Å². The molecule has 2 aromatic carbocycles. The van der Waals surface area contributed by atoms with Gasteiger partial charge in [-0.2, -0.15) is 0 Å². The van der Waals surface area contributed by atoms with Crippen molar-refractivity contribution in [3.63, 3.8) is 0 Å². The highest BCUT2D eigenvalue weighted by molar-refractivity contribution is 7.80. The summed E-state index contributed by atoms with van der Waals surface area (Å²) in [6, 6.07) is 19.1. The van der Waals surface area contributed by atoms with Crippen LogP contribution in [-0.4, -0.2) is 17.6 Å². The molecule has 2 rings (SSSR count). The topological polar surface area (TPSA) is 53.2 Å². The van der Waals surface area contributed by atoms with E-state index in [9.17, 15) is 4.79 Å². The number of thiocarbonyl (C=S) groups is 1. The van der Waals surface area contributed by atoms with Gasteiger partial charge in [0, 0.05) is 12.1 Å². The standard InChI is InChI=1S/C16H17N3OS/c20-15(14-9-5-2-6-10-14)18-19-16(21)17-12-11-13-7-3-1-4-8-13/h1-10H,11-12H2,(H,18,20)(H2,17,19,21). The second-order valence-electron chi connectivity index (χ2n) is 4.44. The Hall–Kier alpha value is -2.40. The van der Waals surface area contributed by atoms with Gasteiger partial charge in [-0.3, -0.25) is 15.6 Å². The minimum Gasteiger partial charge on any atom is -0.361 e. The van der Waals surface area contributed by atoms with Gasteiger partial charge in [-0.15, -0.1) is 0 Å². The lowest BCUT2D eigenvalue weighted by molar-refractivity contribution is 0.0943. The molecule has 0 atom stereocenters. The monoisotopic (exact) mass is 299 g/mol. The van der Waals surface area contributed by atoms with Crippen LogP contribution in [0.2, 0.25) is 0 Å². The van der Waals surface area contributed by atoms with Crippen LogP contribution < -0.4 is 16.2 Å². The van der Waals surface area contributed by atoms with Gasteiger partial charge in [-0.1, -0.05) is 48.5 Å². The van der Waals surface area contributed by atoms with Crippen molar-refractivity contribution in [3.05, 3.63) is 71.8 Å². The quantitative estimate of drug-likeness (QED) is 0.597. The zero-order valence-corrected chi connectivity index (χ0v) is 12.3. The zero-order valence-electron chi connectivity index (χ0n) is 11.5. The zero-order chi connectivity index (χ0) is 14.9. The minimum absolute atomic E-state index is 0.220. The molecule has 0 bridgehead atoms. The van der Waals surface area contributed by atoms with Crippen LogP contribution in [0.25, 0.3) is 0 Å². The summed E-state index contributed by atoms with van der Waals surface area (Å²) in [4.78, 5) is 11.8. The maximum Gasteiger partial charge on any atom is 0.269 e. The highest BCUT2D eigenvalue weighted by atomic mass is 32.1. The lowest BCUT2D eigenvalue weighted by Gasteiger charge is -2.11. The Bertz CT molecular complexity index is 587. The maximum atomic E-state index is 11.8. The van der Waals surface area contributed by atoms with Crippen LogP contribution in [0.4, 0.5) is 0 Å². The fraction of sp³-hybridized carbons (Fsp3) is 0.125. The van der Waals surface area contributed by atoms with Gasteiger partial charge >= 0.3 is 0 Å². The van der Waals surface area contributed by atoms with Gasteiger partial charge in [0.1, 0.15) is 0 Å². The Morgan fingerprint density at radius 3 is 2.19 bits per heavy atom. The van der Waals surface area contributed by atoms with Gasteiger partial charge in [0.15, 0.2) is 5.11 Å². The molecule has 0 radical (unpaired) electrons. The molecule has 2 aromatic rings. The fourth-order valence-corrected chi connectivity index (χ4v) is 1.94. The third-order valence-electron chi connectivity index (χ3n) is 2.87. The number of rotatable bonds is 4. The number of hydrogen-bond donors (Lipinski definition) is 3. The van der Waals surface area contributed by atoms with E-state index in [0.717, 1.165) is 6.42 Å². The predicted molar refractivity (Wildman–Crippen MR) is 87.8 cm³/mol. The summed E-state index contributed by atoms with van der Waals surface area (Å²) < 4.78 is 0. The first-order chi connectivity index (χ1) is 10.3. The summed E-state index contributed by atoms with van der Waals surface area (Å²) in [5.74, 6) is -0.220. The molecule has 0 fully saturated rings. The van der Waals surface area contributed by atoms with Gasteiger partial charge in [-0.25, -0.2) is 0 Å². The summed E-state index contributed by atoms with van der Waals surface area (Å²) in [6.45, 7) is 0.705. The Kier molecular flexibility index (Phi) is 5.72. The van der Waals surface area contributed by atoms with Crippen molar-refractivity contribution in [1.29, 1.82) is 0 Å². The smallest absolute Gasteiger partial charge is 0.269 e. The molecule has 0 aromatic heterocycles. The van der Waals surface area contributed by atoms with Gasteiger partial charge in [0.05, 0.1) is 0 Å². The van der Waals surface area contributed by atoms with Crippen LogP contribution in [0.5, 0.6) is 0 Å². The van der Waals surface area contributed by atoms with Crippen molar-refractivity contribution in [2.75, 3.05) is 6.54 Å². The molecule has 0 aliphatic rings. The summed E-state index contributed by atoms with van der Waals surface area (Å²) in [5.41, 5.74) is 7.06. The number of benzene rings is 2. The molecule has 0 aliphatic heterocycles. The molecule has 0 aliphatic carbocycles. The van der Waals surface area contributed by atoms with E-state index in [-0.39, 0.29) is 5.91 Å². The number of hydrogen-bond acceptors (Lipinski definition) is 2. The predicted octanol–water partition coefficient (Wildman–Crippen LogP) is 2.04. The minimum atomic E-state index is -0.220. The summed E-state index contributed by atoms with van der Waals surface area (Å²) >= 11 is 5.10. The van der Waals surface area contributed by atoms with Crippen LogP contribution in [0.3, 0.4) is 0 Å². The van der Waals surface area contributed by atoms with Gasteiger partial charge in [0.2, 0.25) is 0 Å². The van der Waals surface area contributed by atoms with E-state index in [0.29, 0.717) is 17.2 Å². The highest BCUT2D eigenvalue weighted by Crippen LogP contribution is 1.98. The number of nitrogens with one attached hydrogen (secondary N) is 3. The molecule has 21 heavy (non-hydrogen) atoms. The molecule has 0 unspecified atom stereocenters. The van der Waals surface area contributed by atoms with Gasteiger partial charge in [-0.05, 0) is 36.3 Å². The van der Waals surface area contributed by atoms with E-state index < -0.39 is 0 Å². The number of carbonyl (C=O) groups is 1. The highest BCUT2D eigenvalue weighted by Gasteiger charge is 2.04. The van der Waals surface area contributed by atoms with Gasteiger partial charge < -0.3 is 5.32 Å². The van der Waals surface area contributed by atoms with Crippen LogP contribution >= 0.6 is 12.2 Å². The Labute approximate surface area is 129 Å². The van der Waals surface area contributed by atoms with Crippen molar-refractivity contribution >= 4 is 23.2 Å². The van der Waals surface area contributed by atoms with Crippen LogP contribution in [0, 0.1) is 0 Å². The normalized spacial score (nSPS) is 9.71. The fourth-order valence-electron chi connectivity index (χ4n) is 1.78. The van der Waals surface area contributed by atoms with Crippen LogP contribution in [0.1, 0.15) is 15.9 Å². The number of hydrazine groups is 1. The lowest BCUT2D eigenvalue weighted by Crippen LogP contribution is -2.47. The summed E-state index contributed by atoms with van der Waals surface area (Å²) in [5, 5.41) is 3.44. The van der Waals surface area contributed by atoms with E-state index in [1.54, 1.807) is 12.1 Å². The number of carbonyl (C=O) groups excluding carboxylic acids is 1. The third-order valence-corrected chi connectivity index (χ3v) is 3.11. The Morgan fingerprint density at radius 1 is 0.905 bits per heavy atom. The van der Waals surface area contributed by atoms with Crippen molar-refractivity contribution < 1.29 is 4.79 Å². The van der Waals surface area contributed by atoms with Crippen molar-refractivity contribution in [1.82, 2.24) is 16.2 Å². The van der Waals surface area contributed by atoms with Crippen LogP contribution in [-0.2, 0) is 6.42 Å². The van der Waals surface area contributed by atoms with E-state index in [4.69, 9.17) is 12.2 Å². The summed E-state index contributed by atoms with van der Waals surface area (Å²) in [6.07, 6.45) is 0.870. The Balaban J connectivity index is 1.67. The van der Waals surface area contributed by atoms with Crippen molar-refractivity contribution in [2.24, 2.45) is 0 Å². The Morgan fingerprint density at radius 2 is 1.52 bits per heavy atom. The molecule has 1 amide bonds. The second kappa shape index (κ2) is 8.01. The molecular weight excluding hydrogens is 282 g/mol. The largest absolute Gasteiger partial charge is 0.361 e. The third kappa shape index (κ3) is 5.24. The molecule has 4 nitrogen and oxygen atoms in total. The number of amides is 1. The molecule has 0 heterocycles. The van der Waals surface area contributed by atoms with Crippen molar-refractivity contribution in [2.45, 2.75) is 6.42 Å². The SMILES string of the molecule is O=C(NNC(=S)NCCc1ccccc1)c1ccccc1. The molecule has 5 heteroatoms. The molecule has 108 valence electrons. The molecule has 0 saturated carbocycles. The van der Waals surface area contributed by atoms with Crippen molar-refractivity contribution in [3.8, 4) is 0 Å². The van der Waals surface area contributed by atoms with Crippen LogP contribution in [0.15, 0.2) is 60.7 Å². The maximum absolute atomic E-state index is 11.8. The van der Waals surface area contributed by atoms with E-state index in [1.165, 1.54) is 5.56 Å². The average molecular weight is 299 g/mol. The first kappa shape index (κ1) is 15.0. The molecular formula is C16H17N3OS.